The average molecular weight is 272 g/mol. The van der Waals surface area contributed by atoms with Crippen LogP contribution in [0.2, 0.25) is 0 Å². The number of aryl methyl sites for hydroxylation is 1. The van der Waals surface area contributed by atoms with Crippen LogP contribution in [-0.4, -0.2) is 21.0 Å². The van der Waals surface area contributed by atoms with Crippen molar-refractivity contribution in [2.45, 2.75) is 44.9 Å². The maximum absolute atomic E-state index is 10.4. The zero-order chi connectivity index (χ0) is 13.9. The molecule has 1 aromatic heterocycles. The highest BCUT2D eigenvalue weighted by molar-refractivity contribution is 5.33. The molecule has 0 amide bonds. The molecule has 0 spiro atoms. The van der Waals surface area contributed by atoms with Gasteiger partial charge in [-0.25, -0.2) is 0 Å². The molecule has 2 aromatic rings. The maximum Gasteiger partial charge on any atom is 0.119 e. The summed E-state index contributed by atoms with van der Waals surface area (Å²) >= 11 is 0. The lowest BCUT2D eigenvalue weighted by atomic mass is 10.0. The third-order valence-corrected chi connectivity index (χ3v) is 3.44. The first-order chi connectivity index (χ1) is 9.76. The molecule has 20 heavy (non-hydrogen) atoms. The molecule has 1 N–H and O–H groups in total. The molecule has 1 aliphatic carbocycles. The summed E-state index contributed by atoms with van der Waals surface area (Å²) in [7, 11) is 0. The van der Waals surface area contributed by atoms with E-state index in [9.17, 15) is 5.11 Å². The standard InChI is InChI=1S/C16H20N2O2/c1-2-9-18-11-13(10-17-18)16(19)12-3-5-14(6-4-12)20-15-7-8-15/h3-6,10-11,15-16,19H,2,7-9H2,1H3. The van der Waals surface area contributed by atoms with E-state index >= 15 is 0 Å². The van der Waals surface area contributed by atoms with E-state index in [2.05, 4.69) is 12.0 Å². The lowest BCUT2D eigenvalue weighted by Gasteiger charge is -2.10. The summed E-state index contributed by atoms with van der Waals surface area (Å²) in [5.74, 6) is 0.880. The summed E-state index contributed by atoms with van der Waals surface area (Å²) < 4.78 is 7.57. The smallest absolute Gasteiger partial charge is 0.119 e. The first-order valence-corrected chi connectivity index (χ1v) is 7.23. The lowest BCUT2D eigenvalue weighted by molar-refractivity contribution is 0.220. The van der Waals surface area contributed by atoms with Gasteiger partial charge in [0.15, 0.2) is 0 Å². The van der Waals surface area contributed by atoms with Crippen molar-refractivity contribution >= 4 is 0 Å². The van der Waals surface area contributed by atoms with Crippen molar-refractivity contribution in [2.24, 2.45) is 0 Å². The molecular formula is C16H20N2O2. The van der Waals surface area contributed by atoms with Crippen LogP contribution < -0.4 is 4.74 Å². The van der Waals surface area contributed by atoms with E-state index in [1.54, 1.807) is 6.20 Å². The predicted molar refractivity (Wildman–Crippen MR) is 76.7 cm³/mol. The van der Waals surface area contributed by atoms with Gasteiger partial charge in [-0.15, -0.1) is 0 Å². The summed E-state index contributed by atoms with van der Waals surface area (Å²) in [4.78, 5) is 0. The minimum atomic E-state index is -0.629. The Hall–Kier alpha value is -1.81. The van der Waals surface area contributed by atoms with Crippen LogP contribution >= 0.6 is 0 Å². The Labute approximate surface area is 119 Å². The van der Waals surface area contributed by atoms with Crippen molar-refractivity contribution in [3.8, 4) is 5.75 Å². The Morgan fingerprint density at radius 3 is 2.70 bits per heavy atom. The van der Waals surface area contributed by atoms with E-state index in [-0.39, 0.29) is 0 Å². The van der Waals surface area contributed by atoms with E-state index in [4.69, 9.17) is 4.74 Å². The number of aliphatic hydroxyl groups is 1. The Balaban J connectivity index is 1.69. The SMILES string of the molecule is CCCn1cc(C(O)c2ccc(OC3CC3)cc2)cn1. The highest BCUT2D eigenvalue weighted by Gasteiger charge is 2.23. The molecule has 3 rings (SSSR count). The van der Waals surface area contributed by atoms with Crippen LogP contribution in [0.4, 0.5) is 0 Å². The fraction of sp³-hybridized carbons (Fsp3) is 0.438. The minimum Gasteiger partial charge on any atom is -0.490 e. The predicted octanol–water partition coefficient (Wildman–Crippen LogP) is 2.92. The number of ether oxygens (including phenoxy) is 1. The molecule has 0 bridgehead atoms. The molecule has 1 aliphatic rings. The van der Waals surface area contributed by atoms with Crippen molar-refractivity contribution in [1.29, 1.82) is 0 Å². The van der Waals surface area contributed by atoms with Crippen molar-refractivity contribution in [1.82, 2.24) is 9.78 Å². The maximum atomic E-state index is 10.4. The largest absolute Gasteiger partial charge is 0.490 e. The second-order valence-corrected chi connectivity index (χ2v) is 5.33. The fourth-order valence-corrected chi connectivity index (χ4v) is 2.17. The van der Waals surface area contributed by atoms with Crippen molar-refractivity contribution < 1.29 is 9.84 Å². The van der Waals surface area contributed by atoms with Crippen LogP contribution in [-0.2, 0) is 6.54 Å². The first kappa shape index (κ1) is 13.2. The van der Waals surface area contributed by atoms with Gasteiger partial charge in [-0.2, -0.15) is 5.10 Å². The molecule has 0 saturated heterocycles. The molecule has 1 atom stereocenters. The topological polar surface area (TPSA) is 47.3 Å². The molecular weight excluding hydrogens is 252 g/mol. The Morgan fingerprint density at radius 1 is 1.30 bits per heavy atom. The highest BCUT2D eigenvalue weighted by atomic mass is 16.5. The molecule has 1 aromatic carbocycles. The molecule has 1 unspecified atom stereocenters. The van der Waals surface area contributed by atoms with Gasteiger partial charge in [-0.05, 0) is 37.0 Å². The van der Waals surface area contributed by atoms with E-state index in [1.165, 1.54) is 0 Å². The normalized spacial score (nSPS) is 16.1. The van der Waals surface area contributed by atoms with E-state index < -0.39 is 6.10 Å². The number of benzene rings is 1. The molecule has 4 nitrogen and oxygen atoms in total. The summed E-state index contributed by atoms with van der Waals surface area (Å²) in [5.41, 5.74) is 1.69. The molecule has 0 aliphatic heterocycles. The summed E-state index contributed by atoms with van der Waals surface area (Å²) in [5, 5.41) is 14.6. The molecule has 0 radical (unpaired) electrons. The number of hydrogen-bond acceptors (Lipinski definition) is 3. The van der Waals surface area contributed by atoms with Crippen LogP contribution in [0.25, 0.3) is 0 Å². The zero-order valence-electron chi connectivity index (χ0n) is 11.7. The second kappa shape index (κ2) is 5.67. The van der Waals surface area contributed by atoms with Gasteiger partial charge >= 0.3 is 0 Å². The van der Waals surface area contributed by atoms with Crippen molar-refractivity contribution in [3.05, 3.63) is 47.8 Å². The number of rotatable bonds is 6. The van der Waals surface area contributed by atoms with Gasteiger partial charge in [0, 0.05) is 18.3 Å². The third kappa shape index (κ3) is 3.02. The van der Waals surface area contributed by atoms with E-state index in [0.29, 0.717) is 6.10 Å². The molecule has 106 valence electrons. The van der Waals surface area contributed by atoms with E-state index in [1.807, 2.05) is 35.1 Å². The van der Waals surface area contributed by atoms with Gasteiger partial charge < -0.3 is 9.84 Å². The monoisotopic (exact) mass is 272 g/mol. The first-order valence-electron chi connectivity index (χ1n) is 7.23. The van der Waals surface area contributed by atoms with Gasteiger partial charge in [-0.1, -0.05) is 19.1 Å². The second-order valence-electron chi connectivity index (χ2n) is 5.33. The summed E-state index contributed by atoms with van der Waals surface area (Å²) in [6.45, 7) is 2.98. The van der Waals surface area contributed by atoms with Crippen LogP contribution in [0, 0.1) is 0 Å². The number of hydrogen-bond donors (Lipinski definition) is 1. The lowest BCUT2D eigenvalue weighted by Crippen LogP contribution is -2.00. The zero-order valence-corrected chi connectivity index (χ0v) is 11.7. The summed E-state index contributed by atoms with van der Waals surface area (Å²) in [6.07, 6.45) is 6.75. The highest BCUT2D eigenvalue weighted by Crippen LogP contribution is 2.28. The van der Waals surface area contributed by atoms with Gasteiger partial charge in [0.1, 0.15) is 11.9 Å². The molecule has 1 heterocycles. The van der Waals surface area contributed by atoms with Crippen LogP contribution in [0.1, 0.15) is 43.4 Å². The average Bonchev–Trinajstić information content (AvgIpc) is 3.15. The number of aliphatic hydroxyl groups excluding tert-OH is 1. The number of aromatic nitrogens is 2. The molecule has 1 saturated carbocycles. The van der Waals surface area contributed by atoms with E-state index in [0.717, 1.165) is 42.7 Å². The fourth-order valence-electron chi connectivity index (χ4n) is 2.17. The molecule has 1 fully saturated rings. The Bertz CT molecular complexity index is 558. The van der Waals surface area contributed by atoms with Gasteiger partial charge in [0.2, 0.25) is 0 Å². The summed E-state index contributed by atoms with van der Waals surface area (Å²) in [6, 6.07) is 7.68. The number of nitrogens with zero attached hydrogens (tertiary/aromatic N) is 2. The van der Waals surface area contributed by atoms with Crippen LogP contribution in [0.5, 0.6) is 5.75 Å². The quantitative estimate of drug-likeness (QED) is 0.879. The van der Waals surface area contributed by atoms with Gasteiger partial charge in [-0.3, -0.25) is 4.68 Å². The van der Waals surface area contributed by atoms with Crippen molar-refractivity contribution in [3.63, 3.8) is 0 Å². The van der Waals surface area contributed by atoms with Gasteiger partial charge in [0.05, 0.1) is 12.3 Å². The Kier molecular flexibility index (Phi) is 3.74. The van der Waals surface area contributed by atoms with Crippen LogP contribution in [0.15, 0.2) is 36.7 Å². The van der Waals surface area contributed by atoms with Gasteiger partial charge in [0.25, 0.3) is 0 Å². The minimum absolute atomic E-state index is 0.401. The third-order valence-electron chi connectivity index (χ3n) is 3.44. The Morgan fingerprint density at radius 2 is 2.05 bits per heavy atom. The molecule has 4 heteroatoms. The van der Waals surface area contributed by atoms with Crippen LogP contribution in [0.3, 0.4) is 0 Å². The van der Waals surface area contributed by atoms with Crippen molar-refractivity contribution in [2.75, 3.05) is 0 Å².